The van der Waals surface area contributed by atoms with Gasteiger partial charge in [-0.05, 0) is 82.8 Å². The molecular weight excluding hydrogens is 738 g/mol. The molecular formula is C52H35F3N4. The highest BCUT2D eigenvalue weighted by atomic mass is 19.4. The summed E-state index contributed by atoms with van der Waals surface area (Å²) in [5.41, 5.74) is 9.94. The number of aromatic nitrogens is 4. The molecule has 1 unspecified atom stereocenters. The molecule has 0 N–H and O–H groups in total. The maximum atomic E-state index is 14.4. The van der Waals surface area contributed by atoms with Gasteiger partial charge in [0, 0.05) is 39.3 Å². The molecule has 1 aliphatic carbocycles. The van der Waals surface area contributed by atoms with Crippen LogP contribution in [-0.4, -0.2) is 19.5 Å². The number of nitrogens with zero attached hydrogens (tertiary/aromatic N) is 4. The molecule has 0 aliphatic heterocycles. The molecule has 0 spiro atoms. The Morgan fingerprint density at radius 1 is 0.492 bits per heavy atom. The molecule has 1 aliphatic rings. The molecule has 284 valence electrons. The molecule has 0 radical (unpaired) electrons. The monoisotopic (exact) mass is 772 g/mol. The van der Waals surface area contributed by atoms with Crippen LogP contribution in [0.5, 0.6) is 0 Å². The fourth-order valence-corrected chi connectivity index (χ4v) is 8.16. The number of alkyl halides is 3. The molecule has 2 heterocycles. The van der Waals surface area contributed by atoms with Crippen LogP contribution in [0.4, 0.5) is 13.2 Å². The van der Waals surface area contributed by atoms with E-state index in [1.165, 1.54) is 23.3 Å². The standard InChI is InChI=1S/C52H35F3N4/c53-52(54,55)42-23-13-22-40(30-42)43-33-41(51-57-49(36-18-9-3-10-19-36)56-50(58-51)37-20-11-4-12-21-37)26-29-46(43)59-47-27-24-38(34-14-5-1-6-15-34)31-44(47)45-32-39(25-28-48(45)59)35-16-7-2-8-17-35/h1-31,33,39H,32H2. The van der Waals surface area contributed by atoms with Gasteiger partial charge in [0.15, 0.2) is 17.5 Å². The third-order valence-corrected chi connectivity index (χ3v) is 11.1. The van der Waals surface area contributed by atoms with Gasteiger partial charge in [0.2, 0.25) is 0 Å². The van der Waals surface area contributed by atoms with E-state index >= 15 is 0 Å². The number of hydrogen-bond acceptors (Lipinski definition) is 3. The molecule has 59 heavy (non-hydrogen) atoms. The summed E-state index contributed by atoms with van der Waals surface area (Å²) in [7, 11) is 0. The molecule has 7 aromatic carbocycles. The second kappa shape index (κ2) is 14.8. The SMILES string of the molecule is FC(F)(F)c1cccc(-c2cc(-c3nc(-c4ccccc4)nc(-c4ccccc4)n3)ccc2-n2c3c(c4cc(-c5ccccc5)ccc42)CC(c2ccccc2)C=C3)c1. The highest BCUT2D eigenvalue weighted by Gasteiger charge is 2.31. The lowest BCUT2D eigenvalue weighted by atomic mass is 9.86. The first-order chi connectivity index (χ1) is 28.9. The summed E-state index contributed by atoms with van der Waals surface area (Å²) in [5.74, 6) is 1.57. The summed E-state index contributed by atoms with van der Waals surface area (Å²) in [6.07, 6.45) is 0.653. The Labute approximate surface area is 339 Å². The van der Waals surface area contributed by atoms with Crippen LogP contribution in [0.3, 0.4) is 0 Å². The lowest BCUT2D eigenvalue weighted by Gasteiger charge is -2.21. The summed E-state index contributed by atoms with van der Waals surface area (Å²) in [4.78, 5) is 14.8. The van der Waals surface area contributed by atoms with Crippen molar-refractivity contribution in [1.82, 2.24) is 19.5 Å². The predicted octanol–water partition coefficient (Wildman–Crippen LogP) is 13.5. The second-order valence-corrected chi connectivity index (χ2v) is 14.7. The zero-order valence-corrected chi connectivity index (χ0v) is 31.7. The molecule has 0 amide bonds. The van der Waals surface area contributed by atoms with Crippen molar-refractivity contribution in [3.8, 4) is 62.1 Å². The lowest BCUT2D eigenvalue weighted by Crippen LogP contribution is -2.08. The van der Waals surface area contributed by atoms with Crippen LogP contribution in [0.2, 0.25) is 0 Å². The van der Waals surface area contributed by atoms with Gasteiger partial charge in [-0.25, -0.2) is 15.0 Å². The Morgan fingerprint density at radius 3 is 1.68 bits per heavy atom. The topological polar surface area (TPSA) is 43.6 Å². The quantitative estimate of drug-likeness (QED) is 0.162. The Kier molecular flexibility index (Phi) is 9.06. The molecule has 0 fully saturated rings. The van der Waals surface area contributed by atoms with Gasteiger partial charge in [0.25, 0.3) is 0 Å². The normalized spacial score (nSPS) is 13.7. The first-order valence-electron chi connectivity index (χ1n) is 19.5. The van der Waals surface area contributed by atoms with E-state index in [4.69, 9.17) is 15.0 Å². The van der Waals surface area contributed by atoms with Gasteiger partial charge < -0.3 is 4.57 Å². The number of rotatable bonds is 7. The van der Waals surface area contributed by atoms with E-state index in [2.05, 4.69) is 71.3 Å². The molecule has 0 saturated heterocycles. The third kappa shape index (κ3) is 6.91. The van der Waals surface area contributed by atoms with Crippen LogP contribution in [0.25, 0.3) is 79.1 Å². The largest absolute Gasteiger partial charge is 0.416 e. The molecule has 2 aromatic heterocycles. The van der Waals surface area contributed by atoms with Gasteiger partial charge in [0.05, 0.1) is 16.8 Å². The lowest BCUT2D eigenvalue weighted by molar-refractivity contribution is -0.137. The number of benzene rings is 7. The fraction of sp³-hybridized carbons (Fsp3) is 0.0577. The molecule has 4 nitrogen and oxygen atoms in total. The van der Waals surface area contributed by atoms with Crippen molar-refractivity contribution in [3.63, 3.8) is 0 Å². The molecule has 0 bridgehead atoms. The maximum absolute atomic E-state index is 14.4. The minimum Gasteiger partial charge on any atom is -0.309 e. The zero-order valence-electron chi connectivity index (χ0n) is 31.7. The molecule has 0 saturated carbocycles. The smallest absolute Gasteiger partial charge is 0.309 e. The minimum absolute atomic E-state index is 0.162. The predicted molar refractivity (Wildman–Crippen MR) is 231 cm³/mol. The van der Waals surface area contributed by atoms with Crippen molar-refractivity contribution in [2.45, 2.75) is 18.5 Å². The van der Waals surface area contributed by atoms with Crippen LogP contribution in [0.15, 0.2) is 188 Å². The maximum Gasteiger partial charge on any atom is 0.416 e. The van der Waals surface area contributed by atoms with Crippen LogP contribution in [0.1, 0.15) is 28.3 Å². The van der Waals surface area contributed by atoms with Crippen molar-refractivity contribution in [2.75, 3.05) is 0 Å². The van der Waals surface area contributed by atoms with Crippen molar-refractivity contribution in [2.24, 2.45) is 0 Å². The molecule has 7 heteroatoms. The minimum atomic E-state index is -4.53. The van der Waals surface area contributed by atoms with E-state index in [1.807, 2.05) is 103 Å². The van der Waals surface area contributed by atoms with Gasteiger partial charge in [-0.15, -0.1) is 0 Å². The van der Waals surface area contributed by atoms with Gasteiger partial charge in [-0.3, -0.25) is 0 Å². The van der Waals surface area contributed by atoms with Crippen molar-refractivity contribution < 1.29 is 13.2 Å². The van der Waals surface area contributed by atoms with Crippen molar-refractivity contribution in [3.05, 3.63) is 210 Å². The Hall–Kier alpha value is -7.38. The number of allylic oxidation sites excluding steroid dienone is 1. The number of halogens is 3. The van der Waals surface area contributed by atoms with E-state index in [9.17, 15) is 13.2 Å². The van der Waals surface area contributed by atoms with E-state index in [0.717, 1.165) is 57.0 Å². The molecule has 1 atom stereocenters. The highest BCUT2D eigenvalue weighted by Crippen LogP contribution is 2.43. The second-order valence-electron chi connectivity index (χ2n) is 14.7. The fourth-order valence-electron chi connectivity index (χ4n) is 8.16. The van der Waals surface area contributed by atoms with Crippen molar-refractivity contribution in [1.29, 1.82) is 0 Å². The Bertz CT molecular complexity index is 2940. The van der Waals surface area contributed by atoms with Crippen LogP contribution in [0, 0.1) is 0 Å². The Morgan fingerprint density at radius 2 is 1.05 bits per heavy atom. The number of fused-ring (bicyclic) bond motifs is 3. The van der Waals surface area contributed by atoms with Crippen LogP contribution < -0.4 is 0 Å². The number of hydrogen-bond donors (Lipinski definition) is 0. The van der Waals surface area contributed by atoms with Gasteiger partial charge >= 0.3 is 6.18 Å². The van der Waals surface area contributed by atoms with E-state index in [0.29, 0.717) is 34.2 Å². The summed E-state index contributed by atoms with van der Waals surface area (Å²) < 4.78 is 45.3. The molecule has 10 rings (SSSR count). The van der Waals surface area contributed by atoms with Gasteiger partial charge in [-0.2, -0.15) is 13.2 Å². The van der Waals surface area contributed by atoms with E-state index in [-0.39, 0.29) is 5.92 Å². The van der Waals surface area contributed by atoms with Crippen LogP contribution >= 0.6 is 0 Å². The molecule has 9 aromatic rings. The van der Waals surface area contributed by atoms with E-state index < -0.39 is 11.7 Å². The summed E-state index contributed by atoms with van der Waals surface area (Å²) in [6, 6.07) is 58.1. The highest BCUT2D eigenvalue weighted by molar-refractivity contribution is 5.95. The van der Waals surface area contributed by atoms with Gasteiger partial charge in [-0.1, -0.05) is 146 Å². The summed E-state index contributed by atoms with van der Waals surface area (Å²) in [5, 5.41) is 1.10. The first-order valence-corrected chi connectivity index (χ1v) is 19.5. The summed E-state index contributed by atoms with van der Waals surface area (Å²) in [6.45, 7) is 0. The third-order valence-electron chi connectivity index (χ3n) is 11.1. The zero-order chi connectivity index (χ0) is 39.9. The average molecular weight is 773 g/mol. The Balaban J connectivity index is 1.21. The average Bonchev–Trinajstić information content (AvgIpc) is 3.62. The summed E-state index contributed by atoms with van der Waals surface area (Å²) >= 11 is 0. The first kappa shape index (κ1) is 36.0. The van der Waals surface area contributed by atoms with E-state index in [1.54, 1.807) is 6.07 Å². The van der Waals surface area contributed by atoms with Crippen LogP contribution in [-0.2, 0) is 12.6 Å². The van der Waals surface area contributed by atoms with Gasteiger partial charge in [0.1, 0.15) is 0 Å². The van der Waals surface area contributed by atoms with Crippen molar-refractivity contribution >= 4 is 17.0 Å².